The number of hydrogen-bond acceptors (Lipinski definition) is 6. The van der Waals surface area contributed by atoms with Gasteiger partial charge >= 0.3 is 17.6 Å². The third-order valence-electron chi connectivity index (χ3n) is 3.00. The number of nitro groups is 2. The van der Waals surface area contributed by atoms with Crippen LogP contribution in [0.15, 0.2) is 36.4 Å². The fraction of sp³-hybridized carbons (Fsp3) is 0.0714. The molecule has 2 aromatic rings. The van der Waals surface area contributed by atoms with Crippen molar-refractivity contribution < 1.29 is 27.8 Å². The summed E-state index contributed by atoms with van der Waals surface area (Å²) < 4.78 is 43.1. The Morgan fingerprint density at radius 1 is 1.00 bits per heavy atom. The molecule has 11 heteroatoms. The van der Waals surface area contributed by atoms with Crippen LogP contribution < -0.4 is 4.74 Å². The molecule has 128 valence electrons. The first-order chi connectivity index (χ1) is 11.6. The normalized spacial score (nSPS) is 10.8. The van der Waals surface area contributed by atoms with Gasteiger partial charge in [0.1, 0.15) is 17.6 Å². The molecule has 0 fully saturated rings. The SMILES string of the molecule is N#Cc1cc(C(F)(F)F)ccc1Oc1ccc([N+](=O)[O-])c([N+](=O)[O-])c1. The van der Waals surface area contributed by atoms with Gasteiger partial charge in [-0.3, -0.25) is 20.2 Å². The summed E-state index contributed by atoms with van der Waals surface area (Å²) in [5.41, 5.74) is -3.14. The smallest absolute Gasteiger partial charge is 0.416 e. The van der Waals surface area contributed by atoms with Crippen LogP contribution in [0.3, 0.4) is 0 Å². The standard InChI is InChI=1S/C14H6F3N3O5/c15-14(16,17)9-1-4-13(8(5-9)7-18)25-10-2-3-11(19(21)22)12(6-10)20(23)24/h1-6H. The summed E-state index contributed by atoms with van der Waals surface area (Å²) >= 11 is 0. The molecule has 0 aliphatic heterocycles. The summed E-state index contributed by atoms with van der Waals surface area (Å²) in [5, 5.41) is 30.6. The number of hydrogen-bond donors (Lipinski definition) is 0. The summed E-state index contributed by atoms with van der Waals surface area (Å²) in [6, 6.07) is 6.25. The number of rotatable bonds is 4. The van der Waals surface area contributed by atoms with Crippen molar-refractivity contribution in [3.05, 3.63) is 67.8 Å². The maximum absolute atomic E-state index is 12.6. The lowest BCUT2D eigenvalue weighted by molar-refractivity contribution is -0.422. The van der Waals surface area contributed by atoms with E-state index in [4.69, 9.17) is 10.00 Å². The fourth-order valence-corrected chi connectivity index (χ4v) is 1.88. The Labute approximate surface area is 137 Å². The van der Waals surface area contributed by atoms with Gasteiger partial charge < -0.3 is 4.74 Å². The quantitative estimate of drug-likeness (QED) is 0.600. The molecule has 0 radical (unpaired) electrons. The third-order valence-corrected chi connectivity index (χ3v) is 3.00. The van der Waals surface area contributed by atoms with Gasteiger partial charge in [-0.2, -0.15) is 18.4 Å². The van der Waals surface area contributed by atoms with Gasteiger partial charge in [0, 0.05) is 6.07 Å². The minimum Gasteiger partial charge on any atom is -0.456 e. The number of nitrogens with zero attached hydrogens (tertiary/aromatic N) is 3. The van der Waals surface area contributed by atoms with Crippen molar-refractivity contribution in [2.24, 2.45) is 0 Å². The fourth-order valence-electron chi connectivity index (χ4n) is 1.88. The second kappa shape index (κ2) is 6.44. The van der Waals surface area contributed by atoms with Crippen LogP contribution in [0, 0.1) is 31.6 Å². The molecular weight excluding hydrogens is 347 g/mol. The van der Waals surface area contributed by atoms with Gasteiger partial charge in [-0.15, -0.1) is 0 Å². The molecule has 0 N–H and O–H groups in total. The predicted molar refractivity (Wildman–Crippen MR) is 76.0 cm³/mol. The van der Waals surface area contributed by atoms with E-state index in [0.717, 1.165) is 24.3 Å². The van der Waals surface area contributed by atoms with Gasteiger partial charge in [0.25, 0.3) is 0 Å². The first kappa shape index (κ1) is 17.7. The van der Waals surface area contributed by atoms with E-state index in [0.29, 0.717) is 12.1 Å². The zero-order chi connectivity index (χ0) is 18.8. The van der Waals surface area contributed by atoms with E-state index in [1.165, 1.54) is 6.07 Å². The van der Waals surface area contributed by atoms with Gasteiger partial charge in [-0.25, -0.2) is 0 Å². The Bertz CT molecular complexity index is 906. The highest BCUT2D eigenvalue weighted by Crippen LogP contribution is 2.36. The monoisotopic (exact) mass is 353 g/mol. The first-order valence-corrected chi connectivity index (χ1v) is 6.35. The minimum absolute atomic E-state index is 0.242. The number of nitro benzene ring substituents is 2. The van der Waals surface area contributed by atoms with E-state index >= 15 is 0 Å². The van der Waals surface area contributed by atoms with E-state index in [-0.39, 0.29) is 11.5 Å². The molecule has 2 aromatic carbocycles. The van der Waals surface area contributed by atoms with Crippen molar-refractivity contribution in [1.29, 1.82) is 5.26 Å². The Balaban J connectivity index is 2.43. The van der Waals surface area contributed by atoms with E-state index in [1.54, 1.807) is 0 Å². The highest BCUT2D eigenvalue weighted by molar-refractivity contribution is 5.57. The zero-order valence-electron chi connectivity index (χ0n) is 12.0. The number of alkyl halides is 3. The number of benzene rings is 2. The third kappa shape index (κ3) is 3.81. The molecule has 0 spiro atoms. The molecular formula is C14H6F3N3O5. The number of halogens is 3. The average molecular weight is 353 g/mol. The van der Waals surface area contributed by atoms with E-state index in [9.17, 15) is 33.4 Å². The van der Waals surface area contributed by atoms with Crippen molar-refractivity contribution in [3.63, 3.8) is 0 Å². The molecule has 0 amide bonds. The highest BCUT2D eigenvalue weighted by Gasteiger charge is 2.31. The van der Waals surface area contributed by atoms with Crippen LogP contribution in [0.5, 0.6) is 11.5 Å². The summed E-state index contributed by atoms with van der Waals surface area (Å²) in [6.07, 6.45) is -4.66. The molecule has 0 saturated carbocycles. The first-order valence-electron chi connectivity index (χ1n) is 6.35. The molecule has 8 nitrogen and oxygen atoms in total. The van der Waals surface area contributed by atoms with Crippen molar-refractivity contribution in [2.75, 3.05) is 0 Å². The zero-order valence-corrected chi connectivity index (χ0v) is 12.0. The Morgan fingerprint density at radius 2 is 1.64 bits per heavy atom. The average Bonchev–Trinajstić information content (AvgIpc) is 2.53. The van der Waals surface area contributed by atoms with Crippen LogP contribution in [0.2, 0.25) is 0 Å². The van der Waals surface area contributed by atoms with Gasteiger partial charge in [0.05, 0.1) is 27.0 Å². The Hall–Kier alpha value is -3.68. The highest BCUT2D eigenvalue weighted by atomic mass is 19.4. The Morgan fingerprint density at radius 3 is 2.16 bits per heavy atom. The lowest BCUT2D eigenvalue weighted by atomic mass is 10.1. The molecule has 0 aliphatic rings. The lowest BCUT2D eigenvalue weighted by Gasteiger charge is -2.11. The van der Waals surface area contributed by atoms with E-state index < -0.39 is 38.5 Å². The number of nitriles is 1. The van der Waals surface area contributed by atoms with Crippen molar-refractivity contribution >= 4 is 11.4 Å². The van der Waals surface area contributed by atoms with Crippen LogP contribution in [-0.2, 0) is 6.18 Å². The van der Waals surface area contributed by atoms with Crippen molar-refractivity contribution in [3.8, 4) is 17.6 Å². The van der Waals surface area contributed by atoms with Crippen LogP contribution >= 0.6 is 0 Å². The topological polar surface area (TPSA) is 119 Å². The van der Waals surface area contributed by atoms with Gasteiger partial charge in [0.2, 0.25) is 0 Å². The van der Waals surface area contributed by atoms with Gasteiger partial charge in [0.15, 0.2) is 0 Å². The second-order valence-corrected chi connectivity index (χ2v) is 4.59. The minimum atomic E-state index is -4.66. The van der Waals surface area contributed by atoms with Gasteiger partial charge in [-0.1, -0.05) is 0 Å². The molecule has 0 atom stereocenters. The van der Waals surface area contributed by atoms with E-state index in [1.807, 2.05) is 0 Å². The molecule has 0 unspecified atom stereocenters. The summed E-state index contributed by atoms with van der Waals surface area (Å²) in [7, 11) is 0. The van der Waals surface area contributed by atoms with Gasteiger partial charge in [-0.05, 0) is 24.3 Å². The molecule has 2 rings (SSSR count). The predicted octanol–water partition coefficient (Wildman–Crippen LogP) is 4.19. The molecule has 0 heterocycles. The van der Waals surface area contributed by atoms with Crippen molar-refractivity contribution in [2.45, 2.75) is 6.18 Å². The summed E-state index contributed by atoms with van der Waals surface area (Å²) in [4.78, 5) is 19.7. The summed E-state index contributed by atoms with van der Waals surface area (Å²) in [6.45, 7) is 0. The molecule has 0 bridgehead atoms. The maximum Gasteiger partial charge on any atom is 0.416 e. The van der Waals surface area contributed by atoms with Crippen molar-refractivity contribution in [1.82, 2.24) is 0 Å². The van der Waals surface area contributed by atoms with Crippen LogP contribution in [-0.4, -0.2) is 9.85 Å². The summed E-state index contributed by atoms with van der Waals surface area (Å²) in [5.74, 6) is -0.521. The molecule has 0 aliphatic carbocycles. The second-order valence-electron chi connectivity index (χ2n) is 4.59. The van der Waals surface area contributed by atoms with Crippen LogP contribution in [0.1, 0.15) is 11.1 Å². The van der Waals surface area contributed by atoms with Crippen LogP contribution in [0.4, 0.5) is 24.5 Å². The molecule has 0 aromatic heterocycles. The lowest BCUT2D eigenvalue weighted by Crippen LogP contribution is -2.05. The maximum atomic E-state index is 12.6. The Kier molecular flexibility index (Phi) is 4.55. The largest absolute Gasteiger partial charge is 0.456 e. The number of ether oxygens (including phenoxy) is 1. The van der Waals surface area contributed by atoms with E-state index in [2.05, 4.69) is 0 Å². The van der Waals surface area contributed by atoms with Crippen LogP contribution in [0.25, 0.3) is 0 Å². The molecule has 25 heavy (non-hydrogen) atoms. The molecule has 0 saturated heterocycles.